The van der Waals surface area contributed by atoms with E-state index in [0.717, 1.165) is 16.9 Å². The van der Waals surface area contributed by atoms with E-state index in [4.69, 9.17) is 9.84 Å². The minimum Gasteiger partial charge on any atom is -0.480 e. The van der Waals surface area contributed by atoms with Crippen LogP contribution in [0.4, 0.5) is 0 Å². The SMILES string of the molecule is Cn1c(COCC(=O)O)nc2ccccc21. The van der Waals surface area contributed by atoms with Crippen LogP contribution in [0.1, 0.15) is 5.82 Å². The molecule has 0 saturated heterocycles. The number of rotatable bonds is 4. The predicted octanol–water partition coefficient (Wildman–Crippen LogP) is 1.17. The Morgan fingerprint density at radius 3 is 2.94 bits per heavy atom. The highest BCUT2D eigenvalue weighted by Crippen LogP contribution is 2.14. The topological polar surface area (TPSA) is 64.3 Å². The number of carboxylic acid groups (broad SMARTS) is 1. The maximum Gasteiger partial charge on any atom is 0.329 e. The van der Waals surface area contributed by atoms with Gasteiger partial charge in [-0.3, -0.25) is 0 Å². The van der Waals surface area contributed by atoms with Crippen LogP contribution in [0, 0.1) is 0 Å². The molecule has 0 aliphatic rings. The van der Waals surface area contributed by atoms with Crippen LogP contribution in [0.15, 0.2) is 24.3 Å². The highest BCUT2D eigenvalue weighted by Gasteiger charge is 2.07. The number of carboxylic acids is 1. The van der Waals surface area contributed by atoms with E-state index in [-0.39, 0.29) is 13.2 Å². The summed E-state index contributed by atoms with van der Waals surface area (Å²) in [6.45, 7) is -0.0965. The molecular formula is C11H12N2O3. The Labute approximate surface area is 92.3 Å². The number of nitrogens with zero attached hydrogens (tertiary/aromatic N) is 2. The third kappa shape index (κ3) is 2.04. The second-order valence-electron chi connectivity index (χ2n) is 3.46. The van der Waals surface area contributed by atoms with Crippen LogP contribution < -0.4 is 0 Å². The number of carbonyl (C=O) groups is 1. The maximum atomic E-state index is 10.3. The van der Waals surface area contributed by atoms with E-state index >= 15 is 0 Å². The number of ether oxygens (including phenoxy) is 1. The standard InChI is InChI=1S/C11H12N2O3/c1-13-9-5-3-2-4-8(9)12-10(13)6-16-7-11(14)15/h2-5H,6-7H2,1H3,(H,14,15). The van der Waals surface area contributed by atoms with Gasteiger partial charge in [-0.15, -0.1) is 0 Å². The van der Waals surface area contributed by atoms with Crippen molar-refractivity contribution in [3.8, 4) is 0 Å². The molecule has 2 rings (SSSR count). The number of imidazole rings is 1. The lowest BCUT2D eigenvalue weighted by molar-refractivity contribution is -0.142. The van der Waals surface area contributed by atoms with Crippen LogP contribution in [-0.4, -0.2) is 27.2 Å². The number of aromatic nitrogens is 2. The predicted molar refractivity (Wildman–Crippen MR) is 58.0 cm³/mol. The van der Waals surface area contributed by atoms with Crippen molar-refractivity contribution in [1.29, 1.82) is 0 Å². The highest BCUT2D eigenvalue weighted by atomic mass is 16.5. The minimum absolute atomic E-state index is 0.206. The lowest BCUT2D eigenvalue weighted by Gasteiger charge is -2.01. The molecule has 1 N–H and O–H groups in total. The lowest BCUT2D eigenvalue weighted by atomic mass is 10.3. The highest BCUT2D eigenvalue weighted by molar-refractivity contribution is 5.75. The molecule has 0 amide bonds. The number of fused-ring (bicyclic) bond motifs is 1. The van der Waals surface area contributed by atoms with Gasteiger partial charge in [0, 0.05) is 7.05 Å². The molecule has 0 atom stereocenters. The van der Waals surface area contributed by atoms with Crippen LogP contribution in [0.2, 0.25) is 0 Å². The first-order valence-corrected chi connectivity index (χ1v) is 4.88. The first-order chi connectivity index (χ1) is 7.68. The largest absolute Gasteiger partial charge is 0.480 e. The average Bonchev–Trinajstić information content (AvgIpc) is 2.56. The summed E-state index contributed by atoms with van der Waals surface area (Å²) in [5, 5.41) is 8.45. The Morgan fingerprint density at radius 2 is 2.25 bits per heavy atom. The molecule has 16 heavy (non-hydrogen) atoms. The van der Waals surface area contributed by atoms with E-state index in [0.29, 0.717) is 0 Å². The van der Waals surface area contributed by atoms with E-state index in [1.807, 2.05) is 35.9 Å². The zero-order valence-electron chi connectivity index (χ0n) is 8.88. The van der Waals surface area contributed by atoms with Crippen LogP contribution in [0.25, 0.3) is 11.0 Å². The normalized spacial score (nSPS) is 10.8. The molecular weight excluding hydrogens is 208 g/mol. The molecule has 2 aromatic rings. The Hall–Kier alpha value is -1.88. The molecule has 0 unspecified atom stereocenters. The Bertz CT molecular complexity index is 519. The van der Waals surface area contributed by atoms with Gasteiger partial charge in [-0.2, -0.15) is 0 Å². The lowest BCUT2D eigenvalue weighted by Crippen LogP contribution is -2.09. The van der Waals surface area contributed by atoms with Crippen molar-refractivity contribution in [2.45, 2.75) is 6.61 Å². The molecule has 84 valence electrons. The number of hydrogen-bond acceptors (Lipinski definition) is 3. The Kier molecular flexibility index (Phi) is 2.87. The van der Waals surface area contributed by atoms with Crippen molar-refractivity contribution in [2.24, 2.45) is 7.05 Å². The molecule has 1 aromatic heterocycles. The van der Waals surface area contributed by atoms with E-state index < -0.39 is 5.97 Å². The summed E-state index contributed by atoms with van der Waals surface area (Å²) in [7, 11) is 1.88. The zero-order valence-corrected chi connectivity index (χ0v) is 8.88. The quantitative estimate of drug-likeness (QED) is 0.840. The van der Waals surface area contributed by atoms with Crippen molar-refractivity contribution >= 4 is 17.0 Å². The summed E-state index contributed by atoms with van der Waals surface area (Å²) in [6, 6.07) is 7.72. The summed E-state index contributed by atoms with van der Waals surface area (Å²) < 4.78 is 6.91. The van der Waals surface area contributed by atoms with Crippen molar-refractivity contribution in [1.82, 2.24) is 9.55 Å². The molecule has 5 nitrogen and oxygen atoms in total. The van der Waals surface area contributed by atoms with Gasteiger partial charge in [0.2, 0.25) is 0 Å². The summed E-state index contributed by atoms with van der Waals surface area (Å²) in [6.07, 6.45) is 0. The molecule has 0 saturated carbocycles. The van der Waals surface area contributed by atoms with Gasteiger partial charge in [-0.25, -0.2) is 9.78 Å². The Morgan fingerprint density at radius 1 is 1.50 bits per heavy atom. The molecule has 0 aliphatic heterocycles. The molecule has 1 aromatic carbocycles. The van der Waals surface area contributed by atoms with E-state index in [2.05, 4.69) is 4.98 Å². The molecule has 1 heterocycles. The number of aliphatic carboxylic acids is 1. The molecule has 0 radical (unpaired) electrons. The van der Waals surface area contributed by atoms with E-state index in [1.54, 1.807) is 0 Å². The first kappa shape index (κ1) is 10.6. The van der Waals surface area contributed by atoms with Gasteiger partial charge in [0.05, 0.1) is 11.0 Å². The third-order valence-electron chi connectivity index (χ3n) is 2.34. The van der Waals surface area contributed by atoms with Crippen molar-refractivity contribution in [2.75, 3.05) is 6.61 Å². The molecule has 0 spiro atoms. The monoisotopic (exact) mass is 220 g/mol. The zero-order chi connectivity index (χ0) is 11.5. The van der Waals surface area contributed by atoms with Crippen LogP contribution in [0.5, 0.6) is 0 Å². The number of aryl methyl sites for hydroxylation is 1. The van der Waals surface area contributed by atoms with Gasteiger partial charge in [0.15, 0.2) is 0 Å². The van der Waals surface area contributed by atoms with E-state index in [9.17, 15) is 4.79 Å². The molecule has 5 heteroatoms. The summed E-state index contributed by atoms with van der Waals surface area (Å²) in [4.78, 5) is 14.6. The van der Waals surface area contributed by atoms with Crippen molar-refractivity contribution in [3.05, 3.63) is 30.1 Å². The summed E-state index contributed by atoms with van der Waals surface area (Å²) in [5.74, 6) is -0.249. The van der Waals surface area contributed by atoms with Gasteiger partial charge >= 0.3 is 5.97 Å². The minimum atomic E-state index is -0.973. The second kappa shape index (κ2) is 4.32. The number of benzene rings is 1. The van der Waals surface area contributed by atoms with E-state index in [1.165, 1.54) is 0 Å². The van der Waals surface area contributed by atoms with Gasteiger partial charge in [0.25, 0.3) is 0 Å². The van der Waals surface area contributed by atoms with Gasteiger partial charge < -0.3 is 14.4 Å². The number of hydrogen-bond donors (Lipinski definition) is 1. The molecule has 0 bridgehead atoms. The second-order valence-corrected chi connectivity index (χ2v) is 3.46. The fourth-order valence-electron chi connectivity index (χ4n) is 1.55. The van der Waals surface area contributed by atoms with Gasteiger partial charge in [-0.05, 0) is 12.1 Å². The average molecular weight is 220 g/mol. The van der Waals surface area contributed by atoms with Crippen molar-refractivity contribution < 1.29 is 14.6 Å². The van der Waals surface area contributed by atoms with Crippen LogP contribution in [-0.2, 0) is 23.2 Å². The van der Waals surface area contributed by atoms with Gasteiger partial charge in [0.1, 0.15) is 19.0 Å². The van der Waals surface area contributed by atoms with Crippen molar-refractivity contribution in [3.63, 3.8) is 0 Å². The fourth-order valence-corrected chi connectivity index (χ4v) is 1.55. The summed E-state index contributed by atoms with van der Waals surface area (Å²) >= 11 is 0. The van der Waals surface area contributed by atoms with Crippen LogP contribution in [0.3, 0.4) is 0 Å². The third-order valence-corrected chi connectivity index (χ3v) is 2.34. The maximum absolute atomic E-state index is 10.3. The molecule has 0 fully saturated rings. The van der Waals surface area contributed by atoms with Gasteiger partial charge in [-0.1, -0.05) is 12.1 Å². The fraction of sp³-hybridized carbons (Fsp3) is 0.273. The Balaban J connectivity index is 2.18. The first-order valence-electron chi connectivity index (χ1n) is 4.88. The van der Waals surface area contributed by atoms with Crippen LogP contribution >= 0.6 is 0 Å². The summed E-state index contributed by atoms with van der Waals surface area (Å²) in [5.41, 5.74) is 1.90. The number of para-hydroxylation sites is 2. The smallest absolute Gasteiger partial charge is 0.329 e. The molecule has 0 aliphatic carbocycles.